The Balaban J connectivity index is 1.74. The Labute approximate surface area is 131 Å². The first-order valence-corrected chi connectivity index (χ1v) is 8.36. The first-order valence-electron chi connectivity index (χ1n) is 7.99. The molecule has 3 rings (SSSR count). The number of likely N-dealkylation sites (tertiary alicyclic amines) is 1. The van der Waals surface area contributed by atoms with E-state index in [1.54, 1.807) is 6.07 Å². The molecule has 1 unspecified atom stereocenters. The predicted octanol–water partition coefficient (Wildman–Crippen LogP) is 2.75. The van der Waals surface area contributed by atoms with E-state index in [1.165, 1.54) is 0 Å². The minimum absolute atomic E-state index is 0.123. The van der Waals surface area contributed by atoms with E-state index in [0.717, 1.165) is 51.0 Å². The molecule has 2 fully saturated rings. The van der Waals surface area contributed by atoms with E-state index >= 15 is 0 Å². The summed E-state index contributed by atoms with van der Waals surface area (Å²) in [4.78, 5) is 14.8. The summed E-state index contributed by atoms with van der Waals surface area (Å²) in [5.41, 5.74) is 6.79. The second-order valence-corrected chi connectivity index (χ2v) is 6.98. The Hall–Kier alpha value is -1.00. The minimum Gasteiger partial charge on any atom is -0.342 e. The number of amides is 1. The molecular formula is C16H24ClN3O. The van der Waals surface area contributed by atoms with Gasteiger partial charge in [-0.15, -0.1) is 0 Å². The number of carbonyl (C=O) groups is 1. The Morgan fingerprint density at radius 2 is 2.14 bits per heavy atom. The molecule has 1 saturated heterocycles. The van der Waals surface area contributed by atoms with E-state index in [2.05, 4.69) is 6.92 Å². The Bertz CT molecular complexity index is 528. The Morgan fingerprint density at radius 3 is 2.90 bits per heavy atom. The normalized spacial score (nSPS) is 28.7. The van der Waals surface area contributed by atoms with E-state index in [9.17, 15) is 4.79 Å². The number of halogens is 1. The molecule has 21 heavy (non-hydrogen) atoms. The van der Waals surface area contributed by atoms with Crippen LogP contribution < -0.4 is 5.73 Å². The molecule has 2 heterocycles. The molecule has 4 nitrogen and oxygen atoms in total. The quantitative estimate of drug-likeness (QED) is 0.933. The zero-order valence-corrected chi connectivity index (χ0v) is 13.4. The van der Waals surface area contributed by atoms with Crippen molar-refractivity contribution in [3.05, 3.63) is 23.0 Å². The number of nitrogens with zero attached hydrogens (tertiary/aromatic N) is 2. The van der Waals surface area contributed by atoms with Crippen molar-refractivity contribution in [1.29, 1.82) is 0 Å². The molecule has 1 aliphatic carbocycles. The topological polar surface area (TPSA) is 51.3 Å². The summed E-state index contributed by atoms with van der Waals surface area (Å²) in [5.74, 6) is 1.35. The van der Waals surface area contributed by atoms with Gasteiger partial charge in [-0.3, -0.25) is 4.79 Å². The summed E-state index contributed by atoms with van der Waals surface area (Å²) in [7, 11) is 0. The third kappa shape index (κ3) is 2.97. The second-order valence-electron chi connectivity index (χ2n) is 6.54. The van der Waals surface area contributed by atoms with Gasteiger partial charge >= 0.3 is 0 Å². The third-order valence-electron chi connectivity index (χ3n) is 4.92. The summed E-state index contributed by atoms with van der Waals surface area (Å²) in [6.07, 6.45) is 6.17. The smallest absolute Gasteiger partial charge is 0.270 e. The van der Waals surface area contributed by atoms with E-state index in [-0.39, 0.29) is 5.91 Å². The van der Waals surface area contributed by atoms with E-state index in [4.69, 9.17) is 17.3 Å². The lowest BCUT2D eigenvalue weighted by Gasteiger charge is -2.27. The lowest BCUT2D eigenvalue weighted by molar-refractivity contribution is 0.0773. The summed E-state index contributed by atoms with van der Waals surface area (Å²) < 4.78 is 1.98. The van der Waals surface area contributed by atoms with Gasteiger partial charge in [0.25, 0.3) is 5.91 Å². The molecule has 1 aromatic rings. The van der Waals surface area contributed by atoms with Gasteiger partial charge in [-0.2, -0.15) is 0 Å². The maximum atomic E-state index is 12.8. The molecule has 3 atom stereocenters. The van der Waals surface area contributed by atoms with E-state index < -0.39 is 0 Å². The van der Waals surface area contributed by atoms with Crippen molar-refractivity contribution in [1.82, 2.24) is 9.47 Å². The minimum atomic E-state index is 0.123. The van der Waals surface area contributed by atoms with Gasteiger partial charge in [0.2, 0.25) is 0 Å². The van der Waals surface area contributed by atoms with Gasteiger partial charge in [0, 0.05) is 31.9 Å². The van der Waals surface area contributed by atoms with Crippen molar-refractivity contribution in [2.24, 2.45) is 17.6 Å². The summed E-state index contributed by atoms with van der Waals surface area (Å²) >= 11 is 6.08. The number of fused-ring (bicyclic) bond motifs is 1. The monoisotopic (exact) mass is 309 g/mol. The molecular weight excluding hydrogens is 286 g/mol. The highest BCUT2D eigenvalue weighted by Gasteiger charge is 2.39. The lowest BCUT2D eigenvalue weighted by atomic mass is 9.79. The fourth-order valence-corrected chi connectivity index (χ4v) is 4.10. The van der Waals surface area contributed by atoms with Crippen LogP contribution in [0.5, 0.6) is 0 Å². The molecule has 0 bridgehead atoms. The van der Waals surface area contributed by atoms with E-state index in [0.29, 0.717) is 22.9 Å². The van der Waals surface area contributed by atoms with Crippen LogP contribution in [-0.4, -0.2) is 34.5 Å². The number of aromatic nitrogens is 1. The molecule has 0 spiro atoms. The Morgan fingerprint density at radius 1 is 1.38 bits per heavy atom. The van der Waals surface area contributed by atoms with Crippen LogP contribution in [0.15, 0.2) is 12.3 Å². The van der Waals surface area contributed by atoms with Crippen molar-refractivity contribution in [2.45, 2.75) is 45.2 Å². The van der Waals surface area contributed by atoms with Crippen LogP contribution in [0.2, 0.25) is 5.02 Å². The van der Waals surface area contributed by atoms with Crippen LogP contribution >= 0.6 is 11.6 Å². The molecule has 1 saturated carbocycles. The van der Waals surface area contributed by atoms with Gasteiger partial charge in [0.15, 0.2) is 0 Å². The molecule has 0 aromatic carbocycles. The average Bonchev–Trinajstić information content (AvgIpc) is 3.01. The van der Waals surface area contributed by atoms with E-state index in [1.807, 2.05) is 15.7 Å². The number of hydrogen-bond donors (Lipinski definition) is 1. The van der Waals surface area contributed by atoms with Crippen molar-refractivity contribution < 1.29 is 4.79 Å². The average molecular weight is 310 g/mol. The SMILES string of the molecule is CCCn1cc(Cl)cc1C(=O)N1C[C@H]2CCC(N)C[C@H]2C1. The fraction of sp³-hybridized carbons (Fsp3) is 0.688. The van der Waals surface area contributed by atoms with Gasteiger partial charge in [-0.05, 0) is 43.6 Å². The highest BCUT2D eigenvalue weighted by molar-refractivity contribution is 6.31. The molecule has 0 radical (unpaired) electrons. The molecule has 2 aliphatic rings. The summed E-state index contributed by atoms with van der Waals surface area (Å²) in [6, 6.07) is 2.12. The number of hydrogen-bond acceptors (Lipinski definition) is 2. The van der Waals surface area contributed by atoms with Crippen molar-refractivity contribution in [2.75, 3.05) is 13.1 Å². The largest absolute Gasteiger partial charge is 0.342 e. The summed E-state index contributed by atoms with van der Waals surface area (Å²) in [6.45, 7) is 4.67. The van der Waals surface area contributed by atoms with Crippen LogP contribution in [0, 0.1) is 11.8 Å². The molecule has 1 aromatic heterocycles. The molecule has 1 aliphatic heterocycles. The van der Waals surface area contributed by atoms with Gasteiger partial charge in [-0.1, -0.05) is 18.5 Å². The zero-order valence-electron chi connectivity index (χ0n) is 12.6. The zero-order chi connectivity index (χ0) is 15.0. The van der Waals surface area contributed by atoms with Gasteiger partial charge in [0.05, 0.1) is 5.02 Å². The lowest BCUT2D eigenvalue weighted by Crippen LogP contribution is -2.32. The number of carbonyl (C=O) groups excluding carboxylic acids is 1. The standard InChI is InChI=1S/C16H24ClN3O/c1-2-5-19-10-13(17)7-15(19)16(21)20-8-11-3-4-14(18)6-12(11)9-20/h7,10-12,14H,2-6,8-9,18H2,1H3/t11-,12+,14?/m1/s1. The van der Waals surface area contributed by atoms with Crippen LogP contribution in [0.4, 0.5) is 0 Å². The van der Waals surface area contributed by atoms with Crippen molar-refractivity contribution >= 4 is 17.5 Å². The van der Waals surface area contributed by atoms with Crippen LogP contribution in [-0.2, 0) is 6.54 Å². The maximum absolute atomic E-state index is 12.8. The number of aryl methyl sites for hydroxylation is 1. The number of nitrogens with two attached hydrogens (primary N) is 1. The van der Waals surface area contributed by atoms with Crippen LogP contribution in [0.1, 0.15) is 43.1 Å². The first-order chi connectivity index (χ1) is 10.1. The van der Waals surface area contributed by atoms with Gasteiger partial charge in [0.1, 0.15) is 5.69 Å². The predicted molar refractivity (Wildman–Crippen MR) is 84.4 cm³/mol. The Kier molecular flexibility index (Phi) is 4.27. The first kappa shape index (κ1) is 14.9. The third-order valence-corrected chi connectivity index (χ3v) is 5.13. The fourth-order valence-electron chi connectivity index (χ4n) is 3.88. The number of rotatable bonds is 3. The van der Waals surface area contributed by atoms with Crippen LogP contribution in [0.25, 0.3) is 0 Å². The molecule has 5 heteroatoms. The maximum Gasteiger partial charge on any atom is 0.270 e. The van der Waals surface area contributed by atoms with Gasteiger partial charge in [-0.25, -0.2) is 0 Å². The summed E-state index contributed by atoms with van der Waals surface area (Å²) in [5, 5.41) is 0.644. The van der Waals surface area contributed by atoms with Crippen LogP contribution in [0.3, 0.4) is 0 Å². The molecule has 1 amide bonds. The van der Waals surface area contributed by atoms with Crippen molar-refractivity contribution in [3.63, 3.8) is 0 Å². The van der Waals surface area contributed by atoms with Crippen molar-refractivity contribution in [3.8, 4) is 0 Å². The highest BCUT2D eigenvalue weighted by Crippen LogP contribution is 2.36. The molecule has 2 N–H and O–H groups in total. The highest BCUT2D eigenvalue weighted by atomic mass is 35.5. The second kappa shape index (κ2) is 6.01. The van der Waals surface area contributed by atoms with Gasteiger partial charge < -0.3 is 15.2 Å². The molecule has 116 valence electrons.